The molecule has 1 aliphatic rings. The van der Waals surface area contributed by atoms with Crippen molar-refractivity contribution in [2.45, 2.75) is 39.4 Å². The lowest BCUT2D eigenvalue weighted by atomic mass is 9.97. The zero-order valence-corrected chi connectivity index (χ0v) is 15.4. The van der Waals surface area contributed by atoms with Crippen LogP contribution in [0.15, 0.2) is 30.3 Å². The minimum atomic E-state index is -4.50. The monoisotopic (exact) mass is 380 g/mol. The summed E-state index contributed by atoms with van der Waals surface area (Å²) in [6, 6.07) is 6.57. The van der Waals surface area contributed by atoms with Crippen molar-refractivity contribution in [2.75, 3.05) is 18.4 Å². The minimum Gasteiger partial charge on any atom is -0.325 e. The molecule has 8 heteroatoms. The Bertz CT molecular complexity index is 808. The van der Waals surface area contributed by atoms with Crippen molar-refractivity contribution in [3.05, 3.63) is 47.3 Å². The van der Waals surface area contributed by atoms with Crippen molar-refractivity contribution in [1.29, 1.82) is 0 Å². The number of hydrogen-bond acceptors (Lipinski definition) is 2. The van der Waals surface area contributed by atoms with Crippen molar-refractivity contribution in [2.24, 2.45) is 5.92 Å². The Morgan fingerprint density at radius 1 is 1.22 bits per heavy atom. The van der Waals surface area contributed by atoms with Crippen molar-refractivity contribution < 1.29 is 18.0 Å². The van der Waals surface area contributed by atoms with Gasteiger partial charge < -0.3 is 10.2 Å². The van der Waals surface area contributed by atoms with Crippen molar-refractivity contribution in [1.82, 2.24) is 14.7 Å². The Kier molecular flexibility index (Phi) is 5.43. The molecule has 0 aliphatic carbocycles. The number of nitrogens with zero attached hydrogens (tertiary/aromatic N) is 3. The van der Waals surface area contributed by atoms with Crippen molar-refractivity contribution >= 4 is 11.7 Å². The molecule has 0 atom stereocenters. The molecule has 0 spiro atoms. The topological polar surface area (TPSA) is 50.2 Å². The average molecular weight is 380 g/mol. The number of aryl methyl sites for hydroxylation is 2. The second kappa shape index (κ2) is 7.62. The third-order valence-corrected chi connectivity index (χ3v) is 4.91. The molecule has 27 heavy (non-hydrogen) atoms. The first-order chi connectivity index (χ1) is 12.7. The maximum atomic E-state index is 13.1. The van der Waals surface area contributed by atoms with Crippen LogP contribution >= 0.6 is 0 Å². The summed E-state index contributed by atoms with van der Waals surface area (Å²) >= 11 is 0. The number of anilines is 1. The first-order valence-electron chi connectivity index (χ1n) is 8.97. The number of carbonyl (C=O) groups is 1. The smallest absolute Gasteiger partial charge is 0.325 e. The van der Waals surface area contributed by atoms with Crippen LogP contribution in [-0.2, 0) is 12.7 Å². The second-order valence-corrected chi connectivity index (χ2v) is 7.01. The largest absolute Gasteiger partial charge is 0.418 e. The van der Waals surface area contributed by atoms with Gasteiger partial charge in [0.25, 0.3) is 0 Å². The summed E-state index contributed by atoms with van der Waals surface area (Å²) in [5.74, 6) is 0.398. The number of nitrogens with one attached hydrogen (secondary N) is 1. The van der Waals surface area contributed by atoms with E-state index in [-0.39, 0.29) is 5.69 Å². The molecule has 2 amide bonds. The van der Waals surface area contributed by atoms with Crippen molar-refractivity contribution in [3.63, 3.8) is 0 Å². The van der Waals surface area contributed by atoms with Gasteiger partial charge in [0.2, 0.25) is 0 Å². The lowest BCUT2D eigenvalue weighted by molar-refractivity contribution is -0.136. The third-order valence-electron chi connectivity index (χ3n) is 4.91. The van der Waals surface area contributed by atoms with E-state index in [0.717, 1.165) is 36.8 Å². The molecule has 0 unspecified atom stereocenters. The van der Waals surface area contributed by atoms with E-state index in [1.165, 1.54) is 18.2 Å². The van der Waals surface area contributed by atoms with Gasteiger partial charge in [-0.05, 0) is 50.8 Å². The fourth-order valence-corrected chi connectivity index (χ4v) is 3.46. The molecule has 1 aliphatic heterocycles. The molecule has 0 bridgehead atoms. The normalized spacial score (nSPS) is 15.8. The molecule has 1 fully saturated rings. The van der Waals surface area contributed by atoms with Gasteiger partial charge in [-0.15, -0.1) is 0 Å². The number of amides is 2. The van der Waals surface area contributed by atoms with Crippen LogP contribution in [0.2, 0.25) is 0 Å². The van der Waals surface area contributed by atoms with Crippen LogP contribution in [-0.4, -0.2) is 33.8 Å². The van der Waals surface area contributed by atoms with E-state index in [9.17, 15) is 18.0 Å². The molecule has 2 heterocycles. The molecular formula is C19H23F3N4O. The fraction of sp³-hybridized carbons (Fsp3) is 0.474. The lowest BCUT2D eigenvalue weighted by Gasteiger charge is -2.32. The first-order valence-corrected chi connectivity index (χ1v) is 8.97. The Labute approximate surface area is 156 Å². The van der Waals surface area contributed by atoms with E-state index in [1.807, 2.05) is 24.6 Å². The van der Waals surface area contributed by atoms with Crippen LogP contribution < -0.4 is 5.32 Å². The molecule has 1 N–H and O–H groups in total. The van der Waals surface area contributed by atoms with Gasteiger partial charge in [-0.3, -0.25) is 4.68 Å². The summed E-state index contributed by atoms with van der Waals surface area (Å²) in [7, 11) is 0. The molecule has 146 valence electrons. The van der Waals surface area contributed by atoms with Gasteiger partial charge in [-0.2, -0.15) is 18.3 Å². The molecule has 1 aromatic carbocycles. The van der Waals surface area contributed by atoms with Gasteiger partial charge in [0.15, 0.2) is 0 Å². The lowest BCUT2D eigenvalue weighted by Crippen LogP contribution is -2.42. The van der Waals surface area contributed by atoms with Gasteiger partial charge in [0.05, 0.1) is 16.9 Å². The number of halogens is 3. The van der Waals surface area contributed by atoms with E-state index in [1.54, 1.807) is 4.90 Å². The van der Waals surface area contributed by atoms with Crippen LogP contribution in [0.4, 0.5) is 23.7 Å². The van der Waals surface area contributed by atoms with E-state index in [0.29, 0.717) is 19.0 Å². The van der Waals surface area contributed by atoms with Gasteiger partial charge in [0.1, 0.15) is 0 Å². The number of aromatic nitrogens is 2. The van der Waals surface area contributed by atoms with E-state index < -0.39 is 17.8 Å². The number of carbonyl (C=O) groups excluding carboxylic acids is 1. The maximum absolute atomic E-state index is 13.1. The van der Waals surface area contributed by atoms with E-state index in [4.69, 9.17) is 0 Å². The van der Waals surface area contributed by atoms with Gasteiger partial charge in [0, 0.05) is 25.3 Å². The highest BCUT2D eigenvalue weighted by atomic mass is 19.4. The fourth-order valence-electron chi connectivity index (χ4n) is 3.46. The SMILES string of the molecule is Cc1cc(C)n(CC2CCN(C(=O)Nc3ccccc3C(F)(F)F)CC2)n1. The summed E-state index contributed by atoms with van der Waals surface area (Å²) in [6.07, 6.45) is -2.91. The molecular weight excluding hydrogens is 357 g/mol. The number of benzene rings is 1. The summed E-state index contributed by atoms with van der Waals surface area (Å²) in [5, 5.41) is 6.88. The van der Waals surface area contributed by atoms with Crippen molar-refractivity contribution in [3.8, 4) is 0 Å². The first kappa shape index (κ1) is 19.3. The molecule has 2 aromatic rings. The highest BCUT2D eigenvalue weighted by Crippen LogP contribution is 2.34. The highest BCUT2D eigenvalue weighted by molar-refractivity contribution is 5.90. The predicted octanol–water partition coefficient (Wildman–Crippen LogP) is 4.46. The van der Waals surface area contributed by atoms with Crippen LogP contribution in [0.1, 0.15) is 29.8 Å². The number of hydrogen-bond donors (Lipinski definition) is 1. The van der Waals surface area contributed by atoms with Gasteiger partial charge in [-0.25, -0.2) is 4.79 Å². The Morgan fingerprint density at radius 2 is 1.89 bits per heavy atom. The Balaban J connectivity index is 1.57. The molecule has 5 nitrogen and oxygen atoms in total. The number of rotatable bonds is 3. The van der Waals surface area contributed by atoms with Crippen LogP contribution in [0.5, 0.6) is 0 Å². The van der Waals surface area contributed by atoms with Gasteiger partial charge >= 0.3 is 12.2 Å². The second-order valence-electron chi connectivity index (χ2n) is 7.01. The number of para-hydroxylation sites is 1. The summed E-state index contributed by atoms with van der Waals surface area (Å²) in [4.78, 5) is 14.0. The highest BCUT2D eigenvalue weighted by Gasteiger charge is 2.34. The molecule has 0 saturated carbocycles. The van der Waals surface area contributed by atoms with Gasteiger partial charge in [-0.1, -0.05) is 12.1 Å². The maximum Gasteiger partial charge on any atom is 0.418 e. The van der Waals surface area contributed by atoms with E-state index >= 15 is 0 Å². The number of piperidine rings is 1. The molecule has 1 saturated heterocycles. The number of alkyl halides is 3. The zero-order chi connectivity index (χ0) is 19.6. The quantitative estimate of drug-likeness (QED) is 0.855. The number of likely N-dealkylation sites (tertiary alicyclic amines) is 1. The molecule has 0 radical (unpaired) electrons. The summed E-state index contributed by atoms with van der Waals surface area (Å²) in [5.41, 5.74) is 1.04. The predicted molar refractivity (Wildman–Crippen MR) is 96.5 cm³/mol. The average Bonchev–Trinajstić information content (AvgIpc) is 2.92. The summed E-state index contributed by atoms with van der Waals surface area (Å²) in [6.45, 7) is 5.80. The number of urea groups is 1. The standard InChI is InChI=1S/C19H23F3N4O/c1-13-11-14(2)26(24-13)12-15-7-9-25(10-8-15)18(27)23-17-6-4-3-5-16(17)19(20,21)22/h3-6,11,15H,7-10,12H2,1-2H3,(H,23,27). The molecule has 1 aromatic heterocycles. The Hall–Kier alpha value is -2.51. The van der Waals surface area contributed by atoms with Crippen LogP contribution in [0.25, 0.3) is 0 Å². The van der Waals surface area contributed by atoms with E-state index in [2.05, 4.69) is 10.4 Å². The Morgan fingerprint density at radius 3 is 2.48 bits per heavy atom. The molecule has 3 rings (SSSR count). The summed E-state index contributed by atoms with van der Waals surface area (Å²) < 4.78 is 41.2. The van der Waals surface area contributed by atoms with Crippen LogP contribution in [0.3, 0.4) is 0 Å². The third kappa shape index (κ3) is 4.61. The zero-order valence-electron chi connectivity index (χ0n) is 15.4. The minimum absolute atomic E-state index is 0.209. The van der Waals surface area contributed by atoms with Crippen LogP contribution in [0, 0.1) is 19.8 Å².